The Morgan fingerprint density at radius 1 is 0.909 bits per heavy atom. The van der Waals surface area contributed by atoms with Crippen LogP contribution in [-0.2, 0) is 0 Å². The average molecular weight is 156 g/mol. The fraction of sp³-hybridized carbons (Fsp3) is 1.00. The minimum Gasteiger partial charge on any atom is -0.0654 e. The number of hydrogen-bond acceptors (Lipinski definition) is 0. The Labute approximate surface area is 72.4 Å². The van der Waals surface area contributed by atoms with E-state index in [1.165, 1.54) is 19.3 Å². The van der Waals surface area contributed by atoms with Crippen molar-refractivity contribution in [1.82, 2.24) is 0 Å². The Balaban J connectivity index is 3.54. The molecule has 0 fully saturated rings. The second-order valence-corrected chi connectivity index (χ2v) is 4.37. The summed E-state index contributed by atoms with van der Waals surface area (Å²) in [4.78, 5) is 0. The van der Waals surface area contributed by atoms with Gasteiger partial charge in [-0.05, 0) is 24.2 Å². The summed E-state index contributed by atoms with van der Waals surface area (Å²) in [5.74, 6) is 2.70. The number of hydrogen-bond donors (Lipinski definition) is 0. The van der Waals surface area contributed by atoms with Crippen LogP contribution in [0.4, 0.5) is 0 Å². The zero-order valence-corrected chi connectivity index (χ0v) is 8.85. The van der Waals surface area contributed by atoms with Crippen molar-refractivity contribution in [2.45, 2.75) is 53.9 Å². The molecule has 0 aromatic rings. The van der Waals surface area contributed by atoms with Crippen LogP contribution < -0.4 is 0 Å². The third-order valence-electron chi connectivity index (χ3n) is 2.56. The molecule has 0 aliphatic carbocycles. The van der Waals surface area contributed by atoms with Gasteiger partial charge in [-0.1, -0.05) is 47.5 Å². The predicted molar refractivity (Wildman–Crippen MR) is 52.7 cm³/mol. The minimum absolute atomic E-state index is 0.865. The van der Waals surface area contributed by atoms with Gasteiger partial charge in [0.1, 0.15) is 0 Å². The molecule has 0 saturated carbocycles. The fourth-order valence-corrected chi connectivity index (χ4v) is 1.72. The molecule has 0 amide bonds. The molecule has 0 aliphatic rings. The Morgan fingerprint density at radius 2 is 1.45 bits per heavy atom. The summed E-state index contributed by atoms with van der Waals surface area (Å²) in [6.45, 7) is 11.7. The Kier molecular flexibility index (Phi) is 5.62. The predicted octanol–water partition coefficient (Wildman–Crippen LogP) is 4.10. The van der Waals surface area contributed by atoms with Crippen LogP contribution in [0.2, 0.25) is 0 Å². The van der Waals surface area contributed by atoms with Crippen LogP contribution in [0, 0.1) is 17.8 Å². The van der Waals surface area contributed by atoms with Crippen LogP contribution in [-0.4, -0.2) is 0 Å². The Hall–Kier alpha value is 0. The van der Waals surface area contributed by atoms with Gasteiger partial charge in [0.2, 0.25) is 0 Å². The van der Waals surface area contributed by atoms with Gasteiger partial charge in [0.05, 0.1) is 0 Å². The van der Waals surface area contributed by atoms with E-state index in [0.717, 1.165) is 17.8 Å². The first-order valence-electron chi connectivity index (χ1n) is 5.07. The van der Waals surface area contributed by atoms with Crippen molar-refractivity contribution >= 4 is 0 Å². The van der Waals surface area contributed by atoms with Gasteiger partial charge in [-0.25, -0.2) is 0 Å². The lowest BCUT2D eigenvalue weighted by molar-refractivity contribution is 0.306. The van der Waals surface area contributed by atoms with Gasteiger partial charge in [-0.15, -0.1) is 0 Å². The van der Waals surface area contributed by atoms with E-state index in [1.54, 1.807) is 0 Å². The van der Waals surface area contributed by atoms with Crippen LogP contribution >= 0.6 is 0 Å². The minimum atomic E-state index is 0.865. The molecular weight excluding hydrogens is 132 g/mol. The smallest absolute Gasteiger partial charge is 0.0415 e. The standard InChI is InChI=1S/C11H24/c1-6-7-10(4)11(5)8-9(2)3/h9-11H,6-8H2,1-5H3. The van der Waals surface area contributed by atoms with Crippen LogP contribution in [0.1, 0.15) is 53.9 Å². The summed E-state index contributed by atoms with van der Waals surface area (Å²) < 4.78 is 0. The van der Waals surface area contributed by atoms with Crippen LogP contribution in [0.15, 0.2) is 0 Å². The Morgan fingerprint density at radius 3 is 1.82 bits per heavy atom. The summed E-state index contributed by atoms with van der Waals surface area (Å²) in [5.41, 5.74) is 0. The molecule has 0 bridgehead atoms. The first kappa shape index (κ1) is 11.0. The highest BCUT2D eigenvalue weighted by Crippen LogP contribution is 2.23. The third kappa shape index (κ3) is 5.29. The highest BCUT2D eigenvalue weighted by atomic mass is 14.2. The fourth-order valence-electron chi connectivity index (χ4n) is 1.72. The topological polar surface area (TPSA) is 0 Å². The zero-order valence-electron chi connectivity index (χ0n) is 8.85. The van der Waals surface area contributed by atoms with Crippen LogP contribution in [0.5, 0.6) is 0 Å². The highest BCUT2D eigenvalue weighted by Gasteiger charge is 2.11. The summed E-state index contributed by atoms with van der Waals surface area (Å²) in [6.07, 6.45) is 4.12. The van der Waals surface area contributed by atoms with E-state index in [0.29, 0.717) is 0 Å². The monoisotopic (exact) mass is 156 g/mol. The lowest BCUT2D eigenvalue weighted by atomic mass is 9.86. The molecule has 11 heavy (non-hydrogen) atoms. The van der Waals surface area contributed by atoms with Gasteiger partial charge < -0.3 is 0 Å². The van der Waals surface area contributed by atoms with E-state index in [-0.39, 0.29) is 0 Å². The lowest BCUT2D eigenvalue weighted by Gasteiger charge is -2.20. The van der Waals surface area contributed by atoms with E-state index in [2.05, 4.69) is 34.6 Å². The van der Waals surface area contributed by atoms with Crippen LogP contribution in [0.3, 0.4) is 0 Å². The first-order valence-corrected chi connectivity index (χ1v) is 5.07. The Bertz CT molecular complexity index is 84.0. The molecule has 0 radical (unpaired) electrons. The van der Waals surface area contributed by atoms with Crippen LogP contribution in [0.25, 0.3) is 0 Å². The van der Waals surface area contributed by atoms with Gasteiger partial charge >= 0.3 is 0 Å². The molecule has 0 aromatic carbocycles. The highest BCUT2D eigenvalue weighted by molar-refractivity contribution is 4.63. The van der Waals surface area contributed by atoms with E-state index in [9.17, 15) is 0 Å². The van der Waals surface area contributed by atoms with Gasteiger partial charge in [0.25, 0.3) is 0 Å². The molecule has 0 heterocycles. The molecule has 2 atom stereocenters. The first-order chi connectivity index (χ1) is 5.07. The SMILES string of the molecule is CCCC(C)C(C)CC(C)C. The van der Waals surface area contributed by atoms with Crippen molar-refractivity contribution in [3.8, 4) is 0 Å². The van der Waals surface area contributed by atoms with E-state index in [1.807, 2.05) is 0 Å². The molecule has 0 N–H and O–H groups in total. The quantitative estimate of drug-likeness (QED) is 0.562. The molecule has 0 nitrogen and oxygen atoms in total. The molecule has 0 rings (SSSR count). The summed E-state index contributed by atoms with van der Waals surface area (Å²) in [7, 11) is 0. The van der Waals surface area contributed by atoms with E-state index in [4.69, 9.17) is 0 Å². The van der Waals surface area contributed by atoms with Crippen molar-refractivity contribution in [3.63, 3.8) is 0 Å². The third-order valence-corrected chi connectivity index (χ3v) is 2.56. The summed E-state index contributed by atoms with van der Waals surface area (Å²) >= 11 is 0. The zero-order chi connectivity index (χ0) is 8.85. The average Bonchev–Trinajstić information content (AvgIpc) is 1.86. The van der Waals surface area contributed by atoms with Gasteiger partial charge in [-0.3, -0.25) is 0 Å². The van der Waals surface area contributed by atoms with Crippen molar-refractivity contribution < 1.29 is 0 Å². The van der Waals surface area contributed by atoms with Gasteiger partial charge in [0, 0.05) is 0 Å². The summed E-state index contributed by atoms with van der Waals surface area (Å²) in [5, 5.41) is 0. The molecule has 0 aromatic heterocycles. The lowest BCUT2D eigenvalue weighted by Crippen LogP contribution is -2.10. The summed E-state index contributed by atoms with van der Waals surface area (Å²) in [6, 6.07) is 0. The molecule has 0 spiro atoms. The largest absolute Gasteiger partial charge is 0.0654 e. The van der Waals surface area contributed by atoms with Gasteiger partial charge in [-0.2, -0.15) is 0 Å². The molecule has 68 valence electrons. The molecule has 0 heteroatoms. The maximum atomic E-state index is 2.39. The van der Waals surface area contributed by atoms with Crippen molar-refractivity contribution in [1.29, 1.82) is 0 Å². The second-order valence-electron chi connectivity index (χ2n) is 4.37. The maximum Gasteiger partial charge on any atom is -0.0415 e. The second kappa shape index (κ2) is 5.62. The van der Waals surface area contributed by atoms with E-state index >= 15 is 0 Å². The van der Waals surface area contributed by atoms with Crippen molar-refractivity contribution in [3.05, 3.63) is 0 Å². The normalized spacial score (nSPS) is 16.9. The number of rotatable bonds is 5. The molecule has 2 unspecified atom stereocenters. The van der Waals surface area contributed by atoms with Gasteiger partial charge in [0.15, 0.2) is 0 Å². The van der Waals surface area contributed by atoms with Crippen molar-refractivity contribution in [2.75, 3.05) is 0 Å². The van der Waals surface area contributed by atoms with E-state index < -0.39 is 0 Å². The van der Waals surface area contributed by atoms with Crippen molar-refractivity contribution in [2.24, 2.45) is 17.8 Å². The maximum absolute atomic E-state index is 2.39. The molecular formula is C11H24. The molecule has 0 aliphatic heterocycles. The molecule has 0 saturated heterocycles.